The number of rotatable bonds is 1. The van der Waals surface area contributed by atoms with E-state index in [2.05, 4.69) is 47.6 Å². The maximum Gasteiger partial charge on any atom is 0.494 e. The minimum atomic E-state index is -0.299. The molecule has 0 unspecified atom stereocenters. The standard InChI is InChI=1S/C16H23BO3/c1-14(2)10-11-9-12(7-8-13(11)18-14)17-19-15(3,4)16(5,6)20-17/h7-9H,10H2,1-6H3. The molecule has 108 valence electrons. The Balaban J connectivity index is 1.88. The molecule has 1 saturated heterocycles. The van der Waals surface area contributed by atoms with Crippen molar-refractivity contribution < 1.29 is 14.0 Å². The van der Waals surface area contributed by atoms with Gasteiger partial charge in [-0.1, -0.05) is 12.1 Å². The predicted octanol–water partition coefficient (Wildman–Crippen LogP) is 2.70. The predicted molar refractivity (Wildman–Crippen MR) is 80.6 cm³/mol. The maximum atomic E-state index is 6.10. The summed E-state index contributed by atoms with van der Waals surface area (Å²) in [5.41, 5.74) is 1.60. The van der Waals surface area contributed by atoms with Crippen molar-refractivity contribution in [3.63, 3.8) is 0 Å². The van der Waals surface area contributed by atoms with Gasteiger partial charge >= 0.3 is 7.12 Å². The number of fused-ring (bicyclic) bond motifs is 1. The average molecular weight is 274 g/mol. The molecular formula is C16H23BO3. The lowest BCUT2D eigenvalue weighted by atomic mass is 9.78. The van der Waals surface area contributed by atoms with Gasteiger partial charge in [-0.15, -0.1) is 0 Å². The first kappa shape index (κ1) is 14.0. The first-order valence-electron chi connectivity index (χ1n) is 7.27. The average Bonchev–Trinajstić information content (AvgIpc) is 2.69. The highest BCUT2D eigenvalue weighted by molar-refractivity contribution is 6.62. The molecule has 20 heavy (non-hydrogen) atoms. The van der Waals surface area contributed by atoms with Crippen LogP contribution in [0.5, 0.6) is 5.75 Å². The summed E-state index contributed by atoms with van der Waals surface area (Å²) >= 11 is 0. The number of hydrogen-bond donors (Lipinski definition) is 0. The Morgan fingerprint density at radius 1 is 0.950 bits per heavy atom. The SMILES string of the molecule is CC1(C)Cc2cc(B3OC(C)(C)C(C)(C)O3)ccc2O1. The van der Waals surface area contributed by atoms with Gasteiger partial charge in [0, 0.05) is 6.42 Å². The molecule has 2 heterocycles. The van der Waals surface area contributed by atoms with E-state index < -0.39 is 0 Å². The first-order valence-corrected chi connectivity index (χ1v) is 7.27. The van der Waals surface area contributed by atoms with Crippen LogP contribution in [0.1, 0.15) is 47.1 Å². The molecular weight excluding hydrogens is 251 g/mol. The van der Waals surface area contributed by atoms with Crippen molar-refractivity contribution in [3.05, 3.63) is 23.8 Å². The van der Waals surface area contributed by atoms with Crippen molar-refractivity contribution in [2.24, 2.45) is 0 Å². The largest absolute Gasteiger partial charge is 0.494 e. The molecule has 0 radical (unpaired) electrons. The molecule has 3 rings (SSSR count). The van der Waals surface area contributed by atoms with E-state index in [1.54, 1.807) is 0 Å². The molecule has 4 heteroatoms. The summed E-state index contributed by atoms with van der Waals surface area (Å²) in [4.78, 5) is 0. The third kappa shape index (κ3) is 2.15. The molecule has 0 aromatic heterocycles. The van der Waals surface area contributed by atoms with Crippen LogP contribution < -0.4 is 10.2 Å². The van der Waals surface area contributed by atoms with Crippen molar-refractivity contribution in [3.8, 4) is 5.75 Å². The summed E-state index contributed by atoms with van der Waals surface area (Å²) in [6.07, 6.45) is 0.926. The molecule has 1 aromatic carbocycles. The zero-order valence-electron chi connectivity index (χ0n) is 13.2. The fourth-order valence-corrected chi connectivity index (χ4v) is 2.76. The lowest BCUT2D eigenvalue weighted by molar-refractivity contribution is 0.00578. The van der Waals surface area contributed by atoms with Crippen molar-refractivity contribution in [2.75, 3.05) is 0 Å². The second-order valence-electron chi connectivity index (χ2n) is 7.49. The van der Waals surface area contributed by atoms with Crippen LogP contribution in [0, 0.1) is 0 Å². The van der Waals surface area contributed by atoms with Gasteiger partial charge in [0.05, 0.1) is 11.2 Å². The van der Waals surface area contributed by atoms with E-state index in [0.29, 0.717) is 0 Å². The van der Waals surface area contributed by atoms with Crippen LogP contribution in [0.25, 0.3) is 0 Å². The van der Waals surface area contributed by atoms with Crippen LogP contribution >= 0.6 is 0 Å². The van der Waals surface area contributed by atoms with E-state index in [1.165, 1.54) is 5.56 Å². The molecule has 1 fully saturated rings. The Hall–Kier alpha value is -0.995. The topological polar surface area (TPSA) is 27.7 Å². The molecule has 0 saturated carbocycles. The van der Waals surface area contributed by atoms with Gasteiger partial charge in [-0.05, 0) is 58.6 Å². The van der Waals surface area contributed by atoms with E-state index in [0.717, 1.165) is 17.6 Å². The van der Waals surface area contributed by atoms with Crippen molar-refractivity contribution in [1.82, 2.24) is 0 Å². The van der Waals surface area contributed by atoms with Gasteiger partial charge in [0.15, 0.2) is 0 Å². The van der Waals surface area contributed by atoms with Gasteiger partial charge < -0.3 is 14.0 Å². The summed E-state index contributed by atoms with van der Waals surface area (Å²) in [6, 6.07) is 6.24. The van der Waals surface area contributed by atoms with E-state index in [-0.39, 0.29) is 23.9 Å². The fourth-order valence-electron chi connectivity index (χ4n) is 2.76. The van der Waals surface area contributed by atoms with Gasteiger partial charge in [-0.3, -0.25) is 0 Å². The Kier molecular flexibility index (Phi) is 2.80. The summed E-state index contributed by atoms with van der Waals surface area (Å²) in [6.45, 7) is 12.5. The highest BCUT2D eigenvalue weighted by Gasteiger charge is 2.51. The van der Waals surface area contributed by atoms with Crippen LogP contribution in [0.3, 0.4) is 0 Å². The van der Waals surface area contributed by atoms with Crippen molar-refractivity contribution >= 4 is 12.6 Å². The Labute approximate surface area is 121 Å². The third-order valence-corrected chi connectivity index (χ3v) is 4.61. The third-order valence-electron chi connectivity index (χ3n) is 4.61. The van der Waals surface area contributed by atoms with Gasteiger partial charge in [0.1, 0.15) is 11.4 Å². The molecule has 0 amide bonds. The minimum Gasteiger partial charge on any atom is -0.487 e. The smallest absolute Gasteiger partial charge is 0.487 e. The molecule has 0 bridgehead atoms. The molecule has 3 nitrogen and oxygen atoms in total. The molecule has 1 aromatic rings. The maximum absolute atomic E-state index is 6.10. The van der Waals surface area contributed by atoms with Crippen LogP contribution in [0.2, 0.25) is 0 Å². The highest BCUT2D eigenvalue weighted by atomic mass is 16.7. The van der Waals surface area contributed by atoms with Gasteiger partial charge in [0.25, 0.3) is 0 Å². The van der Waals surface area contributed by atoms with Gasteiger partial charge in [-0.25, -0.2) is 0 Å². The van der Waals surface area contributed by atoms with Crippen LogP contribution in [0.15, 0.2) is 18.2 Å². The first-order chi connectivity index (χ1) is 9.10. The van der Waals surface area contributed by atoms with E-state index in [1.807, 2.05) is 12.1 Å². The monoisotopic (exact) mass is 274 g/mol. The quantitative estimate of drug-likeness (QED) is 0.737. The Bertz CT molecular complexity index is 533. The van der Waals surface area contributed by atoms with Gasteiger partial charge in [-0.2, -0.15) is 0 Å². The van der Waals surface area contributed by atoms with Gasteiger partial charge in [0.2, 0.25) is 0 Å². The highest BCUT2D eigenvalue weighted by Crippen LogP contribution is 2.38. The molecule has 0 aliphatic carbocycles. The molecule has 2 aliphatic heterocycles. The minimum absolute atomic E-state index is 0.114. The van der Waals surface area contributed by atoms with Crippen molar-refractivity contribution in [1.29, 1.82) is 0 Å². The summed E-state index contributed by atoms with van der Waals surface area (Å²) in [7, 11) is -0.297. The van der Waals surface area contributed by atoms with E-state index >= 15 is 0 Å². The molecule has 2 aliphatic rings. The van der Waals surface area contributed by atoms with Crippen molar-refractivity contribution in [2.45, 2.75) is 64.8 Å². The van der Waals surface area contributed by atoms with E-state index in [4.69, 9.17) is 14.0 Å². The molecule has 0 spiro atoms. The summed E-state index contributed by atoms with van der Waals surface area (Å²) in [5.74, 6) is 0.982. The number of ether oxygens (including phenoxy) is 1. The number of benzene rings is 1. The Morgan fingerprint density at radius 2 is 1.55 bits per heavy atom. The summed E-state index contributed by atoms with van der Waals surface area (Å²) in [5, 5.41) is 0. The normalized spacial score (nSPS) is 25.4. The summed E-state index contributed by atoms with van der Waals surface area (Å²) < 4.78 is 18.1. The zero-order chi connectivity index (χ0) is 14.8. The second kappa shape index (κ2) is 4.02. The van der Waals surface area contributed by atoms with Crippen LogP contribution in [-0.2, 0) is 15.7 Å². The molecule has 0 N–H and O–H groups in total. The lowest BCUT2D eigenvalue weighted by Crippen LogP contribution is -2.41. The Morgan fingerprint density at radius 3 is 2.15 bits per heavy atom. The second-order valence-corrected chi connectivity index (χ2v) is 7.49. The van der Waals surface area contributed by atoms with Crippen LogP contribution in [-0.4, -0.2) is 23.9 Å². The van der Waals surface area contributed by atoms with E-state index in [9.17, 15) is 0 Å². The zero-order valence-corrected chi connectivity index (χ0v) is 13.2. The molecule has 0 atom stereocenters. The number of hydrogen-bond acceptors (Lipinski definition) is 3. The lowest BCUT2D eigenvalue weighted by Gasteiger charge is -2.32. The van der Waals surface area contributed by atoms with Crippen LogP contribution in [0.4, 0.5) is 0 Å². The fraction of sp³-hybridized carbons (Fsp3) is 0.625.